The van der Waals surface area contributed by atoms with E-state index in [1.165, 1.54) is 16.8 Å². The van der Waals surface area contributed by atoms with Crippen molar-refractivity contribution in [3.63, 3.8) is 0 Å². The number of hydrazone groups is 1. The van der Waals surface area contributed by atoms with E-state index in [1.54, 1.807) is 14.2 Å². The molecule has 2 atom stereocenters. The topological polar surface area (TPSA) is 43.3 Å². The molecule has 0 amide bonds. The van der Waals surface area contributed by atoms with Crippen LogP contribution >= 0.6 is 0 Å². The third-order valence-electron chi connectivity index (χ3n) is 5.78. The Balaban J connectivity index is 1.87. The minimum absolute atomic E-state index is 0.202. The number of rotatable bonds is 13. The number of hydrogen-bond acceptors (Lipinski definition) is 5. The Morgan fingerprint density at radius 1 is 0.968 bits per heavy atom. The highest BCUT2D eigenvalue weighted by atomic mass is 16.5. The van der Waals surface area contributed by atoms with Crippen LogP contribution in [0.1, 0.15) is 36.3 Å². The molecule has 1 fully saturated rings. The molecule has 168 valence electrons. The zero-order valence-electron chi connectivity index (χ0n) is 18.9. The van der Waals surface area contributed by atoms with E-state index in [2.05, 4.69) is 65.7 Å². The second kappa shape index (κ2) is 13.3. The second-order valence-electron chi connectivity index (χ2n) is 8.03. The molecule has 5 nitrogen and oxygen atoms in total. The van der Waals surface area contributed by atoms with Gasteiger partial charge in [0.25, 0.3) is 0 Å². The Morgan fingerprint density at radius 2 is 1.71 bits per heavy atom. The van der Waals surface area contributed by atoms with Gasteiger partial charge in [-0.25, -0.2) is 0 Å². The van der Waals surface area contributed by atoms with Crippen LogP contribution in [-0.4, -0.2) is 64.0 Å². The van der Waals surface area contributed by atoms with Gasteiger partial charge in [-0.05, 0) is 30.4 Å². The standard InChI is InChI=1S/C26H36N2O3/c1-29-18-19-31-17-15-25(23-12-7-4-8-13-23)26(20-22-10-5-3-6-11-22)27-28-16-9-14-24(28)21-30-2/h3-8,10-13,24-25H,9,14-21H2,1-2H3/b27-26+/t24-,25-/m0/s1. The maximum Gasteiger partial charge on any atom is 0.0704 e. The van der Waals surface area contributed by atoms with Crippen LogP contribution in [0.3, 0.4) is 0 Å². The quantitative estimate of drug-likeness (QED) is 0.350. The van der Waals surface area contributed by atoms with Gasteiger partial charge in [0.15, 0.2) is 0 Å². The highest BCUT2D eigenvalue weighted by Gasteiger charge is 2.26. The second-order valence-corrected chi connectivity index (χ2v) is 8.03. The largest absolute Gasteiger partial charge is 0.382 e. The number of methoxy groups -OCH3 is 2. The van der Waals surface area contributed by atoms with Crippen molar-refractivity contribution in [1.29, 1.82) is 0 Å². The Hall–Kier alpha value is -2.21. The first-order chi connectivity index (χ1) is 15.3. The van der Waals surface area contributed by atoms with Crippen molar-refractivity contribution >= 4 is 5.71 Å². The van der Waals surface area contributed by atoms with E-state index >= 15 is 0 Å². The summed E-state index contributed by atoms with van der Waals surface area (Å²) >= 11 is 0. The summed E-state index contributed by atoms with van der Waals surface area (Å²) in [7, 11) is 3.47. The third-order valence-corrected chi connectivity index (χ3v) is 5.78. The van der Waals surface area contributed by atoms with Gasteiger partial charge in [0.05, 0.1) is 25.9 Å². The highest BCUT2D eigenvalue weighted by Crippen LogP contribution is 2.26. The van der Waals surface area contributed by atoms with E-state index in [9.17, 15) is 0 Å². The first-order valence-electron chi connectivity index (χ1n) is 11.3. The van der Waals surface area contributed by atoms with Gasteiger partial charge in [-0.3, -0.25) is 5.01 Å². The van der Waals surface area contributed by atoms with Gasteiger partial charge in [-0.15, -0.1) is 0 Å². The molecule has 0 aliphatic carbocycles. The number of hydrogen-bond donors (Lipinski definition) is 0. The molecule has 2 aromatic rings. The van der Waals surface area contributed by atoms with E-state index in [-0.39, 0.29) is 5.92 Å². The molecule has 1 aliphatic heterocycles. The minimum Gasteiger partial charge on any atom is -0.382 e. The lowest BCUT2D eigenvalue weighted by molar-refractivity contribution is 0.0686. The van der Waals surface area contributed by atoms with Gasteiger partial charge in [-0.2, -0.15) is 5.10 Å². The van der Waals surface area contributed by atoms with Crippen LogP contribution in [0, 0.1) is 0 Å². The van der Waals surface area contributed by atoms with E-state index in [1.807, 2.05) is 0 Å². The summed E-state index contributed by atoms with van der Waals surface area (Å²) in [4.78, 5) is 0. The van der Waals surface area contributed by atoms with Gasteiger partial charge in [0.1, 0.15) is 0 Å². The minimum atomic E-state index is 0.202. The van der Waals surface area contributed by atoms with Crippen LogP contribution in [0.4, 0.5) is 0 Å². The fourth-order valence-corrected chi connectivity index (χ4v) is 4.17. The summed E-state index contributed by atoms with van der Waals surface area (Å²) in [6.45, 7) is 3.62. The van der Waals surface area contributed by atoms with Gasteiger partial charge >= 0.3 is 0 Å². The summed E-state index contributed by atoms with van der Waals surface area (Å²) < 4.78 is 16.4. The van der Waals surface area contributed by atoms with Gasteiger partial charge < -0.3 is 14.2 Å². The van der Waals surface area contributed by atoms with Crippen molar-refractivity contribution < 1.29 is 14.2 Å². The van der Waals surface area contributed by atoms with Gasteiger partial charge in [-0.1, -0.05) is 60.7 Å². The molecule has 31 heavy (non-hydrogen) atoms. The first kappa shape index (κ1) is 23.5. The average molecular weight is 425 g/mol. The third kappa shape index (κ3) is 7.46. The van der Waals surface area contributed by atoms with Crippen LogP contribution in [0.2, 0.25) is 0 Å². The first-order valence-corrected chi connectivity index (χ1v) is 11.3. The maximum atomic E-state index is 5.84. The van der Waals surface area contributed by atoms with Gasteiger partial charge in [0, 0.05) is 45.4 Å². The van der Waals surface area contributed by atoms with Crippen LogP contribution in [0.25, 0.3) is 0 Å². The summed E-state index contributed by atoms with van der Waals surface area (Å²) in [5.74, 6) is 0.202. The van der Waals surface area contributed by atoms with Gasteiger partial charge in [0.2, 0.25) is 0 Å². The zero-order valence-corrected chi connectivity index (χ0v) is 18.9. The monoisotopic (exact) mass is 424 g/mol. The molecular formula is C26H36N2O3. The summed E-state index contributed by atoms with van der Waals surface area (Å²) in [6.07, 6.45) is 4.01. The molecule has 1 aliphatic rings. The molecule has 0 spiro atoms. The lowest BCUT2D eigenvalue weighted by Crippen LogP contribution is -2.31. The Labute approximate surface area is 187 Å². The van der Waals surface area contributed by atoms with Crippen molar-refractivity contribution in [2.75, 3.05) is 47.2 Å². The molecule has 2 aromatic carbocycles. The molecule has 3 rings (SSSR count). The van der Waals surface area contributed by atoms with Crippen LogP contribution in [0.5, 0.6) is 0 Å². The summed E-state index contributed by atoms with van der Waals surface area (Å²) in [5.41, 5.74) is 3.76. The summed E-state index contributed by atoms with van der Waals surface area (Å²) in [6, 6.07) is 21.7. The maximum absolute atomic E-state index is 5.84. The SMILES string of the molecule is COCCOCC[C@H](/C(Cc1ccccc1)=N/N1CCC[C@H]1COC)c1ccccc1. The van der Waals surface area contributed by atoms with Crippen molar-refractivity contribution in [1.82, 2.24) is 5.01 Å². The Kier molecular flexibility index (Phi) is 10.0. The van der Waals surface area contributed by atoms with Crippen molar-refractivity contribution in [3.05, 3.63) is 71.8 Å². The van der Waals surface area contributed by atoms with Crippen LogP contribution in [0.15, 0.2) is 65.8 Å². The fraction of sp³-hybridized carbons (Fsp3) is 0.500. The fourth-order valence-electron chi connectivity index (χ4n) is 4.17. The Bertz CT molecular complexity index is 767. The summed E-state index contributed by atoms with van der Waals surface area (Å²) in [5, 5.41) is 7.51. The number of nitrogens with zero attached hydrogens (tertiary/aromatic N) is 2. The molecule has 0 aromatic heterocycles. The molecule has 0 radical (unpaired) electrons. The number of benzene rings is 2. The number of ether oxygens (including phenoxy) is 3. The lowest BCUT2D eigenvalue weighted by Gasteiger charge is -2.26. The van der Waals surface area contributed by atoms with E-state index in [0.29, 0.717) is 25.9 Å². The molecule has 5 heteroatoms. The molecule has 0 unspecified atom stereocenters. The highest BCUT2D eigenvalue weighted by molar-refractivity contribution is 5.92. The molecule has 0 N–H and O–H groups in total. The smallest absolute Gasteiger partial charge is 0.0704 e. The molecule has 0 saturated carbocycles. The average Bonchev–Trinajstić information content (AvgIpc) is 3.24. The van der Waals surface area contributed by atoms with Crippen LogP contribution < -0.4 is 0 Å². The molecular weight excluding hydrogens is 388 g/mol. The predicted octanol–water partition coefficient (Wildman–Crippen LogP) is 4.53. The lowest BCUT2D eigenvalue weighted by atomic mass is 9.88. The van der Waals surface area contributed by atoms with E-state index in [4.69, 9.17) is 19.3 Å². The zero-order chi connectivity index (χ0) is 21.7. The normalized spacial score (nSPS) is 17.8. The van der Waals surface area contributed by atoms with E-state index < -0.39 is 0 Å². The van der Waals surface area contributed by atoms with E-state index in [0.717, 1.165) is 38.8 Å². The van der Waals surface area contributed by atoms with Crippen molar-refractivity contribution in [2.45, 2.75) is 37.6 Å². The van der Waals surface area contributed by atoms with Crippen molar-refractivity contribution in [3.8, 4) is 0 Å². The van der Waals surface area contributed by atoms with Crippen LogP contribution in [-0.2, 0) is 20.6 Å². The predicted molar refractivity (Wildman–Crippen MR) is 126 cm³/mol. The molecule has 1 saturated heterocycles. The molecule has 1 heterocycles. The van der Waals surface area contributed by atoms with Crippen molar-refractivity contribution in [2.24, 2.45) is 5.10 Å². The molecule has 0 bridgehead atoms. The Morgan fingerprint density at radius 3 is 2.42 bits per heavy atom.